The highest BCUT2D eigenvalue weighted by atomic mass is 28.3. The Bertz CT molecular complexity index is 341. The second kappa shape index (κ2) is 4.25. The molecule has 0 N–H and O–H groups in total. The molecule has 0 atom stereocenters. The fourth-order valence-corrected chi connectivity index (χ4v) is 3.26. The van der Waals surface area contributed by atoms with E-state index in [0.717, 1.165) is 0 Å². The third kappa shape index (κ3) is 1.94. The summed E-state index contributed by atoms with van der Waals surface area (Å²) in [6, 6.07) is 21.5. The number of benzene rings is 2. The van der Waals surface area contributed by atoms with Gasteiger partial charge >= 0.3 is 0 Å². The molecule has 0 amide bonds. The summed E-state index contributed by atoms with van der Waals surface area (Å²) >= 11 is 0. The Kier molecular flexibility index (Phi) is 2.80. The molecule has 1 radical (unpaired) electrons. The zero-order valence-corrected chi connectivity index (χ0v) is 9.27. The molecule has 0 bridgehead atoms. The molecule has 0 heterocycles. The molecule has 0 saturated carbocycles. The normalized spacial score (nSPS) is 10.4. The van der Waals surface area contributed by atoms with Gasteiger partial charge in [-0.05, 0) is 0 Å². The quantitative estimate of drug-likeness (QED) is 0.645. The van der Waals surface area contributed by atoms with Crippen LogP contribution in [0.2, 0.25) is 6.55 Å². The van der Waals surface area contributed by atoms with E-state index < -0.39 is 8.80 Å². The van der Waals surface area contributed by atoms with Gasteiger partial charge < -0.3 is 0 Å². The van der Waals surface area contributed by atoms with Crippen LogP contribution in [0.25, 0.3) is 0 Å². The lowest BCUT2D eigenvalue weighted by molar-refractivity contribution is 1.72. The van der Waals surface area contributed by atoms with E-state index >= 15 is 0 Å². The van der Waals surface area contributed by atoms with Crippen molar-refractivity contribution >= 4 is 19.2 Å². The third-order valence-electron chi connectivity index (χ3n) is 2.41. The van der Waals surface area contributed by atoms with Gasteiger partial charge in [-0.3, -0.25) is 0 Å². The van der Waals surface area contributed by atoms with Crippen molar-refractivity contribution in [1.82, 2.24) is 0 Å². The Morgan fingerprint density at radius 1 is 0.643 bits per heavy atom. The standard InChI is InChI=1S/C13H13Si/c1-14(12-8-4-2-5-9-12)13-10-6-3-7-11-13/h2-11H,1H3. The Morgan fingerprint density at radius 2 is 1.00 bits per heavy atom. The number of rotatable bonds is 2. The lowest BCUT2D eigenvalue weighted by Gasteiger charge is -2.09. The molecule has 2 rings (SSSR count). The van der Waals surface area contributed by atoms with Crippen molar-refractivity contribution in [3.63, 3.8) is 0 Å². The molecule has 0 saturated heterocycles. The third-order valence-corrected chi connectivity index (χ3v) is 4.81. The lowest BCUT2D eigenvalue weighted by atomic mass is 10.4. The fourth-order valence-electron chi connectivity index (χ4n) is 1.54. The minimum atomic E-state index is -0.545. The molecular formula is C13H13Si. The van der Waals surface area contributed by atoms with E-state index in [-0.39, 0.29) is 0 Å². The smallest absolute Gasteiger partial charge is 0.0628 e. The summed E-state index contributed by atoms with van der Waals surface area (Å²) in [6.07, 6.45) is 0. The van der Waals surface area contributed by atoms with Crippen molar-refractivity contribution in [3.05, 3.63) is 60.7 Å². The second-order valence-electron chi connectivity index (χ2n) is 3.36. The maximum atomic E-state index is 2.34. The predicted molar refractivity (Wildman–Crippen MR) is 63.8 cm³/mol. The molecule has 0 aliphatic carbocycles. The summed E-state index contributed by atoms with van der Waals surface area (Å²) in [7, 11) is -0.545. The molecule has 2 aromatic carbocycles. The van der Waals surface area contributed by atoms with E-state index in [0.29, 0.717) is 0 Å². The summed E-state index contributed by atoms with van der Waals surface area (Å²) in [4.78, 5) is 0. The first-order valence-corrected chi connectivity index (χ1v) is 6.82. The van der Waals surface area contributed by atoms with E-state index in [1.165, 1.54) is 10.4 Å². The molecule has 0 fully saturated rings. The minimum Gasteiger partial charge on any atom is -0.0628 e. The van der Waals surface area contributed by atoms with Gasteiger partial charge in [0.25, 0.3) is 0 Å². The van der Waals surface area contributed by atoms with Crippen molar-refractivity contribution in [2.75, 3.05) is 0 Å². The van der Waals surface area contributed by atoms with Crippen LogP contribution in [0.5, 0.6) is 0 Å². The minimum absolute atomic E-state index is 0.545. The van der Waals surface area contributed by atoms with E-state index in [2.05, 4.69) is 67.2 Å². The zero-order valence-electron chi connectivity index (χ0n) is 8.27. The molecule has 69 valence electrons. The molecule has 0 spiro atoms. The molecule has 1 heteroatoms. The van der Waals surface area contributed by atoms with Crippen molar-refractivity contribution < 1.29 is 0 Å². The second-order valence-corrected chi connectivity index (χ2v) is 5.76. The maximum absolute atomic E-state index is 2.34. The Balaban J connectivity index is 2.30. The number of hydrogen-bond donors (Lipinski definition) is 0. The van der Waals surface area contributed by atoms with Gasteiger partial charge in [-0.15, -0.1) is 0 Å². The molecule has 0 aliphatic rings. The largest absolute Gasteiger partial charge is 0.118 e. The van der Waals surface area contributed by atoms with Crippen molar-refractivity contribution in [3.8, 4) is 0 Å². The Hall–Kier alpha value is -1.34. The highest BCUT2D eigenvalue weighted by molar-refractivity contribution is 6.84. The van der Waals surface area contributed by atoms with Crippen molar-refractivity contribution in [2.45, 2.75) is 6.55 Å². The van der Waals surface area contributed by atoms with Gasteiger partial charge in [-0.1, -0.05) is 77.6 Å². The lowest BCUT2D eigenvalue weighted by Crippen LogP contribution is -2.38. The highest BCUT2D eigenvalue weighted by Gasteiger charge is 2.08. The van der Waals surface area contributed by atoms with Crippen LogP contribution >= 0.6 is 0 Å². The summed E-state index contributed by atoms with van der Waals surface area (Å²) in [5, 5.41) is 2.95. The summed E-state index contributed by atoms with van der Waals surface area (Å²) in [6.45, 7) is 2.34. The number of hydrogen-bond acceptors (Lipinski definition) is 0. The molecule has 0 aliphatic heterocycles. The topological polar surface area (TPSA) is 0 Å². The molecule has 0 nitrogen and oxygen atoms in total. The van der Waals surface area contributed by atoms with Crippen LogP contribution in [-0.2, 0) is 0 Å². The molecule has 0 unspecified atom stereocenters. The van der Waals surface area contributed by atoms with Gasteiger partial charge in [0, 0.05) is 0 Å². The van der Waals surface area contributed by atoms with Gasteiger partial charge in [0.1, 0.15) is 8.80 Å². The first-order chi connectivity index (χ1) is 6.88. The molecule has 0 aromatic heterocycles. The van der Waals surface area contributed by atoms with Gasteiger partial charge in [0.2, 0.25) is 0 Å². The van der Waals surface area contributed by atoms with E-state index in [1.54, 1.807) is 0 Å². The van der Waals surface area contributed by atoms with E-state index in [1.807, 2.05) is 0 Å². The average molecular weight is 197 g/mol. The summed E-state index contributed by atoms with van der Waals surface area (Å²) < 4.78 is 0. The zero-order chi connectivity index (χ0) is 9.80. The Labute approximate surface area is 86.8 Å². The van der Waals surface area contributed by atoms with Crippen LogP contribution in [0.1, 0.15) is 0 Å². The van der Waals surface area contributed by atoms with E-state index in [4.69, 9.17) is 0 Å². The molecule has 14 heavy (non-hydrogen) atoms. The van der Waals surface area contributed by atoms with Crippen LogP contribution in [-0.4, -0.2) is 8.80 Å². The van der Waals surface area contributed by atoms with Crippen molar-refractivity contribution in [2.24, 2.45) is 0 Å². The van der Waals surface area contributed by atoms with Crippen LogP contribution in [0.4, 0.5) is 0 Å². The molecule has 2 aromatic rings. The summed E-state index contributed by atoms with van der Waals surface area (Å²) in [5.74, 6) is 0. The SMILES string of the molecule is C[Si](c1ccccc1)c1ccccc1. The maximum Gasteiger partial charge on any atom is 0.118 e. The van der Waals surface area contributed by atoms with Gasteiger partial charge in [0.15, 0.2) is 0 Å². The van der Waals surface area contributed by atoms with E-state index in [9.17, 15) is 0 Å². The average Bonchev–Trinajstić information content (AvgIpc) is 2.30. The van der Waals surface area contributed by atoms with Crippen LogP contribution in [0.3, 0.4) is 0 Å². The first kappa shape index (κ1) is 9.22. The van der Waals surface area contributed by atoms with Crippen LogP contribution < -0.4 is 10.4 Å². The highest BCUT2D eigenvalue weighted by Crippen LogP contribution is 1.91. The first-order valence-electron chi connectivity index (χ1n) is 4.82. The fraction of sp³-hybridized carbons (Fsp3) is 0.0769. The van der Waals surface area contributed by atoms with Crippen LogP contribution in [0, 0.1) is 0 Å². The van der Waals surface area contributed by atoms with Gasteiger partial charge in [-0.2, -0.15) is 0 Å². The van der Waals surface area contributed by atoms with Crippen LogP contribution in [0.15, 0.2) is 60.7 Å². The molecular weight excluding hydrogens is 184 g/mol. The monoisotopic (exact) mass is 197 g/mol. The van der Waals surface area contributed by atoms with Gasteiger partial charge in [0.05, 0.1) is 0 Å². The van der Waals surface area contributed by atoms with Crippen molar-refractivity contribution in [1.29, 1.82) is 0 Å². The van der Waals surface area contributed by atoms with Gasteiger partial charge in [-0.25, -0.2) is 0 Å². The summed E-state index contributed by atoms with van der Waals surface area (Å²) in [5.41, 5.74) is 0. The Morgan fingerprint density at radius 3 is 1.36 bits per heavy atom. The predicted octanol–water partition coefficient (Wildman–Crippen LogP) is 1.93.